The molecule has 0 atom stereocenters. The Labute approximate surface area is 115 Å². The highest BCUT2D eigenvalue weighted by atomic mass is 16.5. The van der Waals surface area contributed by atoms with Gasteiger partial charge in [-0.15, -0.1) is 0 Å². The molecule has 1 aliphatic rings. The van der Waals surface area contributed by atoms with Crippen LogP contribution in [0.5, 0.6) is 5.75 Å². The summed E-state index contributed by atoms with van der Waals surface area (Å²) in [5.41, 5.74) is 8.15. The fourth-order valence-electron chi connectivity index (χ4n) is 2.85. The molecule has 0 aliphatic heterocycles. The molecule has 2 N–H and O–H groups in total. The summed E-state index contributed by atoms with van der Waals surface area (Å²) in [7, 11) is 1.58. The maximum atomic E-state index is 12.4. The van der Waals surface area contributed by atoms with Crippen molar-refractivity contribution < 1.29 is 9.53 Å². The van der Waals surface area contributed by atoms with Gasteiger partial charge in [-0.25, -0.2) is 0 Å². The van der Waals surface area contributed by atoms with E-state index in [9.17, 15) is 4.79 Å². The third kappa shape index (κ3) is 3.28. The molecule has 0 spiro atoms. The van der Waals surface area contributed by atoms with Crippen molar-refractivity contribution in [2.75, 3.05) is 12.8 Å². The van der Waals surface area contributed by atoms with Crippen molar-refractivity contribution in [2.24, 2.45) is 5.92 Å². The van der Waals surface area contributed by atoms with Crippen LogP contribution in [0.3, 0.4) is 0 Å². The van der Waals surface area contributed by atoms with E-state index >= 15 is 0 Å². The number of hydrogen-bond donors (Lipinski definition) is 1. The second kappa shape index (κ2) is 6.09. The first-order chi connectivity index (χ1) is 9.11. The van der Waals surface area contributed by atoms with E-state index in [2.05, 4.69) is 0 Å². The van der Waals surface area contributed by atoms with Crippen LogP contribution in [-0.4, -0.2) is 12.9 Å². The van der Waals surface area contributed by atoms with Crippen molar-refractivity contribution in [3.8, 4) is 5.75 Å². The number of benzene rings is 1. The molecule has 0 saturated heterocycles. The average Bonchev–Trinajstić information content (AvgIpc) is 2.42. The lowest BCUT2D eigenvalue weighted by molar-refractivity contribution is 0.0947. The molecule has 1 aliphatic carbocycles. The van der Waals surface area contributed by atoms with Gasteiger partial charge in [-0.05, 0) is 24.5 Å². The van der Waals surface area contributed by atoms with Gasteiger partial charge in [0.05, 0.1) is 12.7 Å². The minimum absolute atomic E-state index is 0.187. The summed E-state index contributed by atoms with van der Waals surface area (Å²) >= 11 is 0. The number of ether oxygens (including phenoxy) is 1. The van der Waals surface area contributed by atoms with Crippen LogP contribution in [0.25, 0.3) is 0 Å². The Kier molecular flexibility index (Phi) is 4.46. The predicted octanol–water partition coefficient (Wildman–Crippen LogP) is 3.74. The minimum Gasteiger partial charge on any atom is -0.496 e. The normalized spacial score (nSPS) is 16.3. The van der Waals surface area contributed by atoms with Gasteiger partial charge in [-0.1, -0.05) is 32.1 Å². The van der Waals surface area contributed by atoms with E-state index in [1.165, 1.54) is 32.1 Å². The smallest absolute Gasteiger partial charge is 0.166 e. The van der Waals surface area contributed by atoms with Gasteiger partial charge in [0.1, 0.15) is 5.75 Å². The maximum Gasteiger partial charge on any atom is 0.166 e. The average molecular weight is 261 g/mol. The van der Waals surface area contributed by atoms with Crippen molar-refractivity contribution in [2.45, 2.75) is 45.4 Å². The van der Waals surface area contributed by atoms with Gasteiger partial charge in [0.25, 0.3) is 0 Å². The van der Waals surface area contributed by atoms with Crippen molar-refractivity contribution in [3.05, 3.63) is 23.3 Å². The van der Waals surface area contributed by atoms with E-state index in [4.69, 9.17) is 10.5 Å². The van der Waals surface area contributed by atoms with Gasteiger partial charge in [0.15, 0.2) is 5.78 Å². The lowest BCUT2D eigenvalue weighted by Gasteiger charge is -2.21. The summed E-state index contributed by atoms with van der Waals surface area (Å²) in [6.45, 7) is 1.92. The number of aryl methyl sites for hydroxylation is 1. The molecule has 0 aromatic heterocycles. The summed E-state index contributed by atoms with van der Waals surface area (Å²) in [6.07, 6.45) is 6.84. The number of hydrogen-bond acceptors (Lipinski definition) is 3. The largest absolute Gasteiger partial charge is 0.496 e. The van der Waals surface area contributed by atoms with E-state index < -0.39 is 0 Å². The van der Waals surface area contributed by atoms with E-state index in [0.717, 1.165) is 5.56 Å². The van der Waals surface area contributed by atoms with Crippen LogP contribution in [-0.2, 0) is 0 Å². The Balaban J connectivity index is 2.15. The summed E-state index contributed by atoms with van der Waals surface area (Å²) in [5, 5.41) is 0. The first kappa shape index (κ1) is 13.9. The molecule has 1 aromatic carbocycles. The SMILES string of the molecule is COc1cc(N)c(C)cc1C(=O)CC1CCCCC1. The Hall–Kier alpha value is -1.51. The van der Waals surface area contributed by atoms with Gasteiger partial charge < -0.3 is 10.5 Å². The van der Waals surface area contributed by atoms with Crippen molar-refractivity contribution in [1.82, 2.24) is 0 Å². The van der Waals surface area contributed by atoms with Crippen molar-refractivity contribution in [1.29, 1.82) is 0 Å². The van der Waals surface area contributed by atoms with E-state index in [-0.39, 0.29) is 5.78 Å². The highest BCUT2D eigenvalue weighted by Crippen LogP contribution is 2.31. The molecule has 3 nitrogen and oxygen atoms in total. The Bertz CT molecular complexity index is 462. The van der Waals surface area contributed by atoms with Crippen LogP contribution >= 0.6 is 0 Å². The second-order valence-electron chi connectivity index (χ2n) is 5.54. The number of nitrogen functional groups attached to an aromatic ring is 1. The number of methoxy groups -OCH3 is 1. The van der Waals surface area contributed by atoms with Gasteiger partial charge >= 0.3 is 0 Å². The first-order valence-corrected chi connectivity index (χ1v) is 7.09. The molecule has 1 aromatic rings. The molecule has 0 unspecified atom stereocenters. The zero-order valence-corrected chi connectivity index (χ0v) is 11.9. The van der Waals surface area contributed by atoms with Crippen LogP contribution in [0.2, 0.25) is 0 Å². The van der Waals surface area contributed by atoms with Crippen LogP contribution < -0.4 is 10.5 Å². The fourth-order valence-corrected chi connectivity index (χ4v) is 2.85. The van der Waals surface area contributed by atoms with Crippen LogP contribution in [0.15, 0.2) is 12.1 Å². The molecule has 0 heterocycles. The highest BCUT2D eigenvalue weighted by molar-refractivity contribution is 5.99. The zero-order valence-electron chi connectivity index (χ0n) is 11.9. The van der Waals surface area contributed by atoms with Crippen molar-refractivity contribution >= 4 is 11.5 Å². The molecular weight excluding hydrogens is 238 g/mol. The standard InChI is InChI=1S/C16H23NO2/c1-11-8-13(16(19-2)10-14(11)17)15(18)9-12-6-4-3-5-7-12/h8,10,12H,3-7,9,17H2,1-2H3. The number of Topliss-reactive ketones (excluding diaryl/α,β-unsaturated/α-hetero) is 1. The summed E-state index contributed by atoms with van der Waals surface area (Å²) in [6, 6.07) is 3.61. The summed E-state index contributed by atoms with van der Waals surface area (Å²) < 4.78 is 5.29. The number of nitrogens with two attached hydrogens (primary N) is 1. The quantitative estimate of drug-likeness (QED) is 0.663. The Morgan fingerprint density at radius 1 is 1.32 bits per heavy atom. The Morgan fingerprint density at radius 3 is 2.63 bits per heavy atom. The van der Waals surface area contributed by atoms with E-state index in [1.54, 1.807) is 13.2 Å². The second-order valence-corrected chi connectivity index (χ2v) is 5.54. The number of ketones is 1. The maximum absolute atomic E-state index is 12.4. The third-order valence-electron chi connectivity index (χ3n) is 4.09. The molecule has 0 amide bonds. The van der Waals surface area contributed by atoms with Gasteiger partial charge in [0, 0.05) is 18.2 Å². The first-order valence-electron chi connectivity index (χ1n) is 7.09. The van der Waals surface area contributed by atoms with Crippen LogP contribution in [0, 0.1) is 12.8 Å². The van der Waals surface area contributed by atoms with E-state index in [0.29, 0.717) is 29.3 Å². The lowest BCUT2D eigenvalue weighted by Crippen LogP contribution is -2.13. The number of carbonyl (C=O) groups excluding carboxylic acids is 1. The number of rotatable bonds is 4. The van der Waals surface area contributed by atoms with Gasteiger partial charge in [-0.3, -0.25) is 4.79 Å². The van der Waals surface area contributed by atoms with Gasteiger partial charge in [0.2, 0.25) is 0 Å². The van der Waals surface area contributed by atoms with Crippen molar-refractivity contribution in [3.63, 3.8) is 0 Å². The molecule has 3 heteroatoms. The topological polar surface area (TPSA) is 52.3 Å². The van der Waals surface area contributed by atoms with Crippen LogP contribution in [0.4, 0.5) is 5.69 Å². The molecule has 0 bridgehead atoms. The van der Waals surface area contributed by atoms with Crippen LogP contribution in [0.1, 0.15) is 54.4 Å². The monoisotopic (exact) mass is 261 g/mol. The molecule has 1 saturated carbocycles. The molecule has 104 valence electrons. The number of anilines is 1. The summed E-state index contributed by atoms with van der Waals surface area (Å²) in [5.74, 6) is 1.33. The molecule has 2 rings (SSSR count). The van der Waals surface area contributed by atoms with Gasteiger partial charge in [-0.2, -0.15) is 0 Å². The zero-order chi connectivity index (χ0) is 13.8. The lowest BCUT2D eigenvalue weighted by atomic mass is 9.84. The summed E-state index contributed by atoms with van der Waals surface area (Å²) in [4.78, 5) is 12.4. The number of carbonyl (C=O) groups is 1. The predicted molar refractivity (Wildman–Crippen MR) is 77.7 cm³/mol. The minimum atomic E-state index is 0.187. The molecule has 0 radical (unpaired) electrons. The molecular formula is C16H23NO2. The molecule has 1 fully saturated rings. The fraction of sp³-hybridized carbons (Fsp3) is 0.562. The highest BCUT2D eigenvalue weighted by Gasteiger charge is 2.20. The van der Waals surface area contributed by atoms with E-state index in [1.807, 2.05) is 13.0 Å². The molecule has 19 heavy (non-hydrogen) atoms. The third-order valence-corrected chi connectivity index (χ3v) is 4.09. The Morgan fingerprint density at radius 2 is 2.00 bits per heavy atom.